The Bertz CT molecular complexity index is 915. The molecule has 0 saturated heterocycles. The van der Waals surface area contributed by atoms with Gasteiger partial charge in [-0.3, -0.25) is 14.4 Å². The van der Waals surface area contributed by atoms with Crippen molar-refractivity contribution in [3.63, 3.8) is 0 Å². The average Bonchev–Trinajstić information content (AvgIpc) is 3.24. The third-order valence-corrected chi connectivity index (χ3v) is 13.0. The summed E-state index contributed by atoms with van der Waals surface area (Å²) in [5.41, 5.74) is 0. The summed E-state index contributed by atoms with van der Waals surface area (Å²) in [7, 11) is 4.23. The molecule has 0 aliphatic rings. The zero-order valence-corrected chi connectivity index (χ0v) is 42.2. The number of unbranched alkanes of at least 4 members (excludes halogenated alkanes) is 22. The van der Waals surface area contributed by atoms with Gasteiger partial charge in [-0.15, -0.1) is 0 Å². The molecule has 2 unspecified atom stereocenters. The smallest absolute Gasteiger partial charge is 0.305 e. The molecule has 0 rings (SSSR count). The zero-order valence-electron chi connectivity index (χ0n) is 42.2. The van der Waals surface area contributed by atoms with E-state index < -0.39 is 0 Å². The molecule has 0 aromatic heterocycles. The van der Waals surface area contributed by atoms with Gasteiger partial charge in [-0.05, 0) is 96.7 Å². The molecular weight excluding hydrogens is 757 g/mol. The van der Waals surface area contributed by atoms with Crippen LogP contribution in [0.5, 0.6) is 0 Å². The second-order valence-electron chi connectivity index (χ2n) is 19.3. The lowest BCUT2D eigenvalue weighted by molar-refractivity contribution is -0.146. The Morgan fingerprint density at radius 2 is 0.705 bits per heavy atom. The molecule has 7 nitrogen and oxygen atoms in total. The standard InChI is InChI=1S/C54H106N2O5/c1-8-12-16-20-22-29-39-50(37-27-18-14-10-3)47-60-53(58)43-33-24-31-41-52(56(49(5)57)46-36-26-35-45-55(6)7)42-32-25-34-44-54(59)61-48-51(38-28-19-15-11-4)40-30-23-21-17-13-9-2/h50-52H,8-48H2,1-7H3. The summed E-state index contributed by atoms with van der Waals surface area (Å²) in [5.74, 6) is 1.08. The molecule has 0 radical (unpaired) electrons. The summed E-state index contributed by atoms with van der Waals surface area (Å²) in [6.07, 6.45) is 42.3. The third kappa shape index (κ3) is 39.7. The number of ether oxygens (including phenoxy) is 2. The van der Waals surface area contributed by atoms with E-state index in [1.807, 2.05) is 0 Å². The highest BCUT2D eigenvalue weighted by Crippen LogP contribution is 2.23. The van der Waals surface area contributed by atoms with Gasteiger partial charge in [0.1, 0.15) is 0 Å². The van der Waals surface area contributed by atoms with E-state index in [9.17, 15) is 14.4 Å². The van der Waals surface area contributed by atoms with Crippen molar-refractivity contribution < 1.29 is 23.9 Å². The Kier molecular flexibility index (Phi) is 43.8. The summed E-state index contributed by atoms with van der Waals surface area (Å²) in [4.78, 5) is 43.0. The molecule has 1 amide bonds. The largest absolute Gasteiger partial charge is 0.465 e. The summed E-state index contributed by atoms with van der Waals surface area (Å²) < 4.78 is 11.8. The highest BCUT2D eigenvalue weighted by molar-refractivity contribution is 5.73. The Morgan fingerprint density at radius 3 is 1.08 bits per heavy atom. The van der Waals surface area contributed by atoms with Crippen molar-refractivity contribution in [1.82, 2.24) is 9.80 Å². The van der Waals surface area contributed by atoms with Crippen LogP contribution in [0, 0.1) is 11.8 Å². The SMILES string of the molecule is CCCCCCCCC(CCCCCC)COC(=O)CCCCCC(CCCCCC(=O)OCC(CCCCCC)CCCCCCCC)N(CCCCCN(C)C)C(C)=O. The molecule has 362 valence electrons. The first-order valence-electron chi connectivity index (χ1n) is 26.9. The van der Waals surface area contributed by atoms with E-state index >= 15 is 0 Å². The quantitative estimate of drug-likeness (QED) is 0.0448. The van der Waals surface area contributed by atoms with Crippen LogP contribution >= 0.6 is 0 Å². The third-order valence-electron chi connectivity index (χ3n) is 13.0. The van der Waals surface area contributed by atoms with Crippen LogP contribution in [-0.2, 0) is 23.9 Å². The van der Waals surface area contributed by atoms with Crippen molar-refractivity contribution in [2.45, 2.75) is 278 Å². The van der Waals surface area contributed by atoms with Crippen LogP contribution in [0.1, 0.15) is 272 Å². The van der Waals surface area contributed by atoms with Crippen molar-refractivity contribution in [2.24, 2.45) is 11.8 Å². The van der Waals surface area contributed by atoms with Crippen molar-refractivity contribution >= 4 is 17.8 Å². The average molecular weight is 863 g/mol. The van der Waals surface area contributed by atoms with Crippen LogP contribution < -0.4 is 0 Å². The van der Waals surface area contributed by atoms with Gasteiger partial charge in [-0.25, -0.2) is 0 Å². The molecule has 0 bridgehead atoms. The zero-order chi connectivity index (χ0) is 45.0. The number of nitrogens with zero attached hydrogens (tertiary/aromatic N) is 2. The number of carbonyl (C=O) groups is 3. The van der Waals surface area contributed by atoms with Gasteiger partial charge in [-0.2, -0.15) is 0 Å². The molecule has 2 atom stereocenters. The normalized spacial score (nSPS) is 13.0. The molecular formula is C54H106N2O5. The molecule has 0 aromatic rings. The van der Waals surface area contributed by atoms with E-state index in [4.69, 9.17) is 9.47 Å². The molecule has 0 spiro atoms. The first kappa shape index (κ1) is 59.4. The van der Waals surface area contributed by atoms with Crippen molar-refractivity contribution in [1.29, 1.82) is 0 Å². The number of amides is 1. The minimum absolute atomic E-state index is 0.0417. The highest BCUT2D eigenvalue weighted by Gasteiger charge is 2.21. The van der Waals surface area contributed by atoms with Crippen LogP contribution in [0.4, 0.5) is 0 Å². The lowest BCUT2D eigenvalue weighted by Crippen LogP contribution is -2.39. The number of esters is 2. The molecule has 0 aromatic carbocycles. The number of carbonyl (C=O) groups excluding carboxylic acids is 3. The van der Waals surface area contributed by atoms with E-state index in [1.54, 1.807) is 6.92 Å². The Hall–Kier alpha value is -1.63. The maximum Gasteiger partial charge on any atom is 0.305 e. The molecule has 61 heavy (non-hydrogen) atoms. The van der Waals surface area contributed by atoms with Crippen LogP contribution in [0.3, 0.4) is 0 Å². The van der Waals surface area contributed by atoms with Crippen LogP contribution in [0.2, 0.25) is 0 Å². The van der Waals surface area contributed by atoms with E-state index in [1.165, 1.54) is 154 Å². The van der Waals surface area contributed by atoms with Gasteiger partial charge in [-0.1, -0.05) is 188 Å². The van der Waals surface area contributed by atoms with Gasteiger partial charge in [0, 0.05) is 32.4 Å². The Balaban J connectivity index is 4.96. The predicted octanol–water partition coefficient (Wildman–Crippen LogP) is 15.6. The lowest BCUT2D eigenvalue weighted by atomic mass is 9.95. The van der Waals surface area contributed by atoms with Crippen LogP contribution in [0.15, 0.2) is 0 Å². The highest BCUT2D eigenvalue weighted by atomic mass is 16.5. The van der Waals surface area contributed by atoms with Crippen LogP contribution in [0.25, 0.3) is 0 Å². The first-order chi connectivity index (χ1) is 29.7. The maximum absolute atomic E-state index is 13.0. The van der Waals surface area contributed by atoms with Crippen molar-refractivity contribution in [3.05, 3.63) is 0 Å². The van der Waals surface area contributed by atoms with E-state index in [2.05, 4.69) is 51.6 Å². The molecule has 0 aliphatic heterocycles. The fraction of sp³-hybridized carbons (Fsp3) is 0.944. The van der Waals surface area contributed by atoms with Gasteiger partial charge in [0.05, 0.1) is 13.2 Å². The second kappa shape index (κ2) is 45.0. The van der Waals surface area contributed by atoms with Gasteiger partial charge in [0.25, 0.3) is 0 Å². The van der Waals surface area contributed by atoms with Gasteiger partial charge < -0.3 is 19.3 Å². The fourth-order valence-corrected chi connectivity index (χ4v) is 8.93. The van der Waals surface area contributed by atoms with E-state index in [0.29, 0.717) is 37.9 Å². The number of rotatable bonds is 47. The summed E-state index contributed by atoms with van der Waals surface area (Å²) in [6.45, 7) is 13.8. The van der Waals surface area contributed by atoms with Crippen LogP contribution in [-0.4, -0.2) is 74.1 Å². The number of hydrogen-bond acceptors (Lipinski definition) is 6. The Morgan fingerprint density at radius 1 is 0.393 bits per heavy atom. The van der Waals surface area contributed by atoms with Gasteiger partial charge in [0.15, 0.2) is 0 Å². The summed E-state index contributed by atoms with van der Waals surface area (Å²) >= 11 is 0. The minimum atomic E-state index is -0.0417. The fourth-order valence-electron chi connectivity index (χ4n) is 8.93. The molecule has 0 heterocycles. The number of hydrogen-bond donors (Lipinski definition) is 0. The monoisotopic (exact) mass is 863 g/mol. The van der Waals surface area contributed by atoms with E-state index in [0.717, 1.165) is 83.7 Å². The van der Waals surface area contributed by atoms with E-state index in [-0.39, 0.29) is 23.9 Å². The maximum atomic E-state index is 13.0. The topological polar surface area (TPSA) is 76.2 Å². The first-order valence-corrected chi connectivity index (χ1v) is 26.9. The Labute approximate surface area is 380 Å². The van der Waals surface area contributed by atoms with Crippen molar-refractivity contribution in [2.75, 3.05) is 40.4 Å². The molecule has 0 saturated carbocycles. The van der Waals surface area contributed by atoms with Gasteiger partial charge >= 0.3 is 11.9 Å². The summed E-state index contributed by atoms with van der Waals surface area (Å²) in [5, 5.41) is 0. The lowest BCUT2D eigenvalue weighted by Gasteiger charge is -2.31. The molecule has 0 N–H and O–H groups in total. The minimum Gasteiger partial charge on any atom is -0.465 e. The predicted molar refractivity (Wildman–Crippen MR) is 262 cm³/mol. The van der Waals surface area contributed by atoms with Gasteiger partial charge in [0.2, 0.25) is 5.91 Å². The molecule has 0 aliphatic carbocycles. The second-order valence-corrected chi connectivity index (χ2v) is 19.3. The molecule has 0 fully saturated rings. The summed E-state index contributed by atoms with van der Waals surface area (Å²) in [6, 6.07) is 0.205. The van der Waals surface area contributed by atoms with Crippen molar-refractivity contribution in [3.8, 4) is 0 Å². The molecule has 7 heteroatoms.